The maximum Gasteiger partial charge on any atom is 0.217 e. The predicted molar refractivity (Wildman–Crippen MR) is 129 cm³/mol. The van der Waals surface area contributed by atoms with Crippen molar-refractivity contribution >= 4 is 38.2 Å². The molecule has 8 heteroatoms. The fourth-order valence-electron chi connectivity index (χ4n) is 3.54. The van der Waals surface area contributed by atoms with Gasteiger partial charge in [0.25, 0.3) is 0 Å². The summed E-state index contributed by atoms with van der Waals surface area (Å²) in [7, 11) is 0.228. The van der Waals surface area contributed by atoms with Gasteiger partial charge in [-0.2, -0.15) is 0 Å². The Labute approximate surface area is 191 Å². The number of hydrogen-bond acceptors (Lipinski definition) is 6. The molecule has 5 rings (SSSR count). The first-order valence-electron chi connectivity index (χ1n) is 9.80. The van der Waals surface area contributed by atoms with E-state index in [0.717, 1.165) is 38.9 Å². The zero-order valence-corrected chi connectivity index (χ0v) is 18.7. The van der Waals surface area contributed by atoms with E-state index in [0.29, 0.717) is 10.0 Å². The molecule has 2 aromatic heterocycles. The van der Waals surface area contributed by atoms with Crippen LogP contribution in [-0.2, 0) is 11.0 Å². The Hall–Kier alpha value is -3.62. The average Bonchev–Trinajstić information content (AvgIpc) is 3.36. The number of hydrogen-bond donors (Lipinski definition) is 1. The maximum atomic E-state index is 12.7. The van der Waals surface area contributed by atoms with Crippen LogP contribution in [0.2, 0.25) is 0 Å². The van der Waals surface area contributed by atoms with Crippen LogP contribution >= 0.6 is 11.3 Å². The molecule has 0 aliphatic carbocycles. The number of pyridine rings is 1. The molecule has 0 saturated heterocycles. The normalized spacial score (nSPS) is 11.9. The third-order valence-electron chi connectivity index (χ3n) is 5.05. The van der Waals surface area contributed by atoms with Gasteiger partial charge in [-0.3, -0.25) is 9.71 Å². The minimum absolute atomic E-state index is 0.516. The van der Waals surface area contributed by atoms with Crippen molar-refractivity contribution in [3.05, 3.63) is 84.5 Å². The fraction of sp³-hybridized carbons (Fsp3) is 0.0417. The summed E-state index contributed by atoms with van der Waals surface area (Å²) in [4.78, 5) is 5.28. The van der Waals surface area contributed by atoms with Crippen LogP contribution in [0.1, 0.15) is 0 Å². The molecule has 0 aliphatic heterocycles. The largest absolute Gasteiger partial charge is 0.496 e. The molecule has 32 heavy (non-hydrogen) atoms. The van der Waals surface area contributed by atoms with Crippen LogP contribution < -0.4 is 9.46 Å². The van der Waals surface area contributed by atoms with Gasteiger partial charge in [0, 0.05) is 17.1 Å². The second kappa shape index (κ2) is 8.86. The lowest BCUT2D eigenvalue weighted by atomic mass is 9.99. The number of ether oxygens (including phenoxy) is 1. The smallest absolute Gasteiger partial charge is 0.217 e. The van der Waals surface area contributed by atoms with Crippen molar-refractivity contribution in [2.45, 2.75) is 4.90 Å². The Bertz CT molecular complexity index is 1410. The van der Waals surface area contributed by atoms with E-state index in [2.05, 4.69) is 38.1 Å². The number of fused-ring (bicyclic) bond motifs is 1. The van der Waals surface area contributed by atoms with E-state index in [1.165, 1.54) is 11.3 Å². The number of nitrogens with zero attached hydrogens (tertiary/aromatic N) is 3. The molecule has 6 nitrogen and oxygen atoms in total. The molecule has 0 saturated carbocycles. The van der Waals surface area contributed by atoms with Gasteiger partial charge in [0.2, 0.25) is 5.13 Å². The van der Waals surface area contributed by atoms with E-state index in [-0.39, 0.29) is 0 Å². The minimum atomic E-state index is -1.44. The van der Waals surface area contributed by atoms with Gasteiger partial charge >= 0.3 is 0 Å². The van der Waals surface area contributed by atoms with Crippen molar-refractivity contribution in [1.82, 2.24) is 15.2 Å². The number of nitrogens with one attached hydrogen (secondary N) is 1. The lowest BCUT2D eigenvalue weighted by molar-refractivity contribution is 0.416. The Morgan fingerprint density at radius 3 is 2.62 bits per heavy atom. The quantitative estimate of drug-likeness (QED) is 0.360. The Morgan fingerprint density at radius 1 is 0.969 bits per heavy atom. The SMILES string of the molecule is COc1cc(-c2ccccc2)ccc1-c1nccc2cc(S(=O)Nc3nncs3)ccc12. The maximum absolute atomic E-state index is 12.7. The molecule has 0 fully saturated rings. The highest BCUT2D eigenvalue weighted by Gasteiger charge is 2.14. The molecule has 158 valence electrons. The molecule has 0 aliphatic rings. The molecule has 0 amide bonds. The first-order chi connectivity index (χ1) is 15.7. The molecule has 3 aromatic carbocycles. The highest BCUT2D eigenvalue weighted by Crippen LogP contribution is 2.36. The van der Waals surface area contributed by atoms with Crippen LogP contribution in [0.5, 0.6) is 5.75 Å². The summed E-state index contributed by atoms with van der Waals surface area (Å²) in [5.74, 6) is 0.747. The summed E-state index contributed by atoms with van der Waals surface area (Å²) in [5.41, 5.74) is 5.51. The molecule has 0 bridgehead atoms. The highest BCUT2D eigenvalue weighted by atomic mass is 32.2. The predicted octanol–water partition coefficient (Wildman–Crippen LogP) is 5.56. The summed E-state index contributed by atoms with van der Waals surface area (Å²) in [6, 6.07) is 23.9. The summed E-state index contributed by atoms with van der Waals surface area (Å²) in [6.45, 7) is 0. The van der Waals surface area contributed by atoms with Crippen molar-refractivity contribution in [3.8, 4) is 28.1 Å². The van der Waals surface area contributed by atoms with E-state index < -0.39 is 11.0 Å². The number of aromatic nitrogens is 3. The summed E-state index contributed by atoms with van der Waals surface area (Å²) >= 11 is 1.30. The van der Waals surface area contributed by atoms with Crippen LogP contribution in [0.3, 0.4) is 0 Å². The minimum Gasteiger partial charge on any atom is -0.496 e. The monoisotopic (exact) mass is 458 g/mol. The molecule has 5 aromatic rings. The molecular weight excluding hydrogens is 440 g/mol. The van der Waals surface area contributed by atoms with Crippen LogP contribution in [0.25, 0.3) is 33.2 Å². The standard InChI is InChI=1S/C24H18N4O2S2/c1-30-22-14-17(16-5-3-2-4-6-16)7-9-21(22)23-20-10-8-19(13-18(20)11-12-25-23)32(29)28-24-27-26-15-31-24/h2-15H,1H3,(H,27,28). The molecule has 0 spiro atoms. The molecule has 1 unspecified atom stereocenters. The van der Waals surface area contributed by atoms with Crippen molar-refractivity contribution in [2.75, 3.05) is 11.8 Å². The zero-order valence-electron chi connectivity index (χ0n) is 17.1. The van der Waals surface area contributed by atoms with Gasteiger partial charge in [-0.25, -0.2) is 4.21 Å². The summed E-state index contributed by atoms with van der Waals surface area (Å²) in [5, 5.41) is 10.1. The molecule has 1 atom stereocenters. The fourth-order valence-corrected chi connectivity index (χ4v) is 4.99. The second-order valence-electron chi connectivity index (χ2n) is 6.94. The van der Waals surface area contributed by atoms with E-state index in [9.17, 15) is 4.21 Å². The van der Waals surface area contributed by atoms with Crippen LogP contribution in [0.4, 0.5) is 5.13 Å². The number of methoxy groups -OCH3 is 1. The van der Waals surface area contributed by atoms with E-state index in [1.807, 2.05) is 54.6 Å². The number of benzene rings is 3. The number of rotatable bonds is 6. The topological polar surface area (TPSA) is 77.0 Å². The average molecular weight is 459 g/mol. The van der Waals surface area contributed by atoms with E-state index >= 15 is 0 Å². The van der Waals surface area contributed by atoms with Gasteiger partial charge in [0.15, 0.2) is 11.0 Å². The van der Waals surface area contributed by atoms with Crippen LogP contribution in [0.15, 0.2) is 89.4 Å². The molecular formula is C24H18N4O2S2. The first-order valence-corrected chi connectivity index (χ1v) is 11.8. The third kappa shape index (κ3) is 3.98. The lowest BCUT2D eigenvalue weighted by Gasteiger charge is -2.13. The van der Waals surface area contributed by atoms with Crippen molar-refractivity contribution in [1.29, 1.82) is 0 Å². The lowest BCUT2D eigenvalue weighted by Crippen LogP contribution is -2.04. The van der Waals surface area contributed by atoms with Gasteiger partial charge in [0.05, 0.1) is 17.7 Å². The molecule has 2 heterocycles. The van der Waals surface area contributed by atoms with Gasteiger partial charge < -0.3 is 4.74 Å². The third-order valence-corrected chi connectivity index (χ3v) is 6.85. The molecule has 0 radical (unpaired) electrons. The van der Waals surface area contributed by atoms with Crippen molar-refractivity contribution in [2.24, 2.45) is 0 Å². The Kier molecular flexibility index (Phi) is 5.62. The second-order valence-corrected chi connectivity index (χ2v) is 8.98. The van der Waals surface area contributed by atoms with Gasteiger partial charge in [-0.05, 0) is 46.8 Å². The van der Waals surface area contributed by atoms with Gasteiger partial charge in [-0.1, -0.05) is 53.8 Å². The van der Waals surface area contributed by atoms with Gasteiger partial charge in [0.1, 0.15) is 11.3 Å². The number of anilines is 1. The van der Waals surface area contributed by atoms with Crippen LogP contribution in [0, 0.1) is 0 Å². The van der Waals surface area contributed by atoms with Crippen molar-refractivity contribution in [3.63, 3.8) is 0 Å². The molecule has 1 N–H and O–H groups in total. The van der Waals surface area contributed by atoms with E-state index in [4.69, 9.17) is 4.74 Å². The first kappa shape index (κ1) is 20.3. The van der Waals surface area contributed by atoms with E-state index in [1.54, 1.807) is 18.8 Å². The Balaban J connectivity index is 1.53. The summed E-state index contributed by atoms with van der Waals surface area (Å²) < 4.78 is 21.3. The zero-order chi connectivity index (χ0) is 21.9. The van der Waals surface area contributed by atoms with Gasteiger partial charge in [-0.15, -0.1) is 10.2 Å². The Morgan fingerprint density at radius 2 is 1.84 bits per heavy atom. The summed E-state index contributed by atoms with van der Waals surface area (Å²) in [6.07, 6.45) is 1.76. The van der Waals surface area contributed by atoms with Crippen molar-refractivity contribution < 1.29 is 8.95 Å². The van der Waals surface area contributed by atoms with Crippen LogP contribution in [-0.4, -0.2) is 26.5 Å². The highest BCUT2D eigenvalue weighted by molar-refractivity contribution is 7.86.